The number of hydrogen-bond donors (Lipinski definition) is 0. The highest BCUT2D eigenvalue weighted by Crippen LogP contribution is 2.28. The van der Waals surface area contributed by atoms with Crippen LogP contribution in [0.25, 0.3) is 6.08 Å². The lowest BCUT2D eigenvalue weighted by Gasteiger charge is -2.20. The van der Waals surface area contributed by atoms with E-state index in [0.29, 0.717) is 18.0 Å². The number of nitrogens with zero attached hydrogens (tertiary/aromatic N) is 2. The first-order chi connectivity index (χ1) is 13.1. The molecule has 5 nitrogen and oxygen atoms in total. The topological polar surface area (TPSA) is 62.6 Å². The average molecular weight is 362 g/mol. The van der Waals surface area contributed by atoms with E-state index < -0.39 is 0 Å². The van der Waals surface area contributed by atoms with Gasteiger partial charge in [-0.15, -0.1) is 0 Å². The largest absolute Gasteiger partial charge is 0.493 e. The number of nitriles is 1. The highest BCUT2D eigenvalue weighted by molar-refractivity contribution is 6.08. The standard InChI is InChI=1S/C22H22N2O3/c1-4-24(19-11-6-5-7-12-19)22(25)18(16-23)10-8-9-17-13-14-20(26-2)21(15-17)27-3/h5-15H,4H2,1-3H3/b9-8+,18-10+. The van der Waals surface area contributed by atoms with Crippen molar-refractivity contribution in [1.82, 2.24) is 0 Å². The molecule has 2 aromatic carbocycles. The summed E-state index contributed by atoms with van der Waals surface area (Å²) in [5.74, 6) is 0.921. The van der Waals surface area contributed by atoms with E-state index in [1.165, 1.54) is 6.08 Å². The number of allylic oxidation sites excluding steroid dienone is 2. The molecule has 0 aliphatic carbocycles. The Balaban J connectivity index is 2.21. The number of rotatable bonds is 7. The van der Waals surface area contributed by atoms with Gasteiger partial charge in [0, 0.05) is 12.2 Å². The van der Waals surface area contributed by atoms with Crippen LogP contribution in [-0.2, 0) is 4.79 Å². The molecule has 5 heteroatoms. The predicted molar refractivity (Wildman–Crippen MR) is 107 cm³/mol. The van der Waals surface area contributed by atoms with E-state index in [1.807, 2.05) is 55.5 Å². The Morgan fingerprint density at radius 1 is 1.11 bits per heavy atom. The number of carbonyl (C=O) groups is 1. The number of hydrogen-bond acceptors (Lipinski definition) is 4. The highest BCUT2D eigenvalue weighted by Gasteiger charge is 2.17. The molecule has 0 aliphatic heterocycles. The fourth-order valence-electron chi connectivity index (χ4n) is 2.57. The summed E-state index contributed by atoms with van der Waals surface area (Å²) in [6.45, 7) is 2.35. The fourth-order valence-corrected chi connectivity index (χ4v) is 2.57. The summed E-state index contributed by atoms with van der Waals surface area (Å²) < 4.78 is 10.5. The van der Waals surface area contributed by atoms with Crippen LogP contribution in [0.4, 0.5) is 5.69 Å². The molecule has 0 bridgehead atoms. The van der Waals surface area contributed by atoms with Gasteiger partial charge in [0.05, 0.1) is 14.2 Å². The van der Waals surface area contributed by atoms with Crippen molar-refractivity contribution in [3.8, 4) is 17.6 Å². The molecule has 0 atom stereocenters. The first-order valence-corrected chi connectivity index (χ1v) is 8.52. The van der Waals surface area contributed by atoms with Crippen molar-refractivity contribution in [2.75, 3.05) is 25.7 Å². The van der Waals surface area contributed by atoms with Gasteiger partial charge in [-0.2, -0.15) is 5.26 Å². The number of anilines is 1. The molecule has 0 N–H and O–H groups in total. The Labute approximate surface area is 159 Å². The van der Waals surface area contributed by atoms with Crippen molar-refractivity contribution in [2.45, 2.75) is 6.92 Å². The summed E-state index contributed by atoms with van der Waals surface area (Å²) in [5, 5.41) is 9.40. The molecule has 0 saturated carbocycles. The third-order valence-corrected chi connectivity index (χ3v) is 3.94. The smallest absolute Gasteiger partial charge is 0.268 e. The molecule has 0 spiro atoms. The summed E-state index contributed by atoms with van der Waals surface area (Å²) in [5.41, 5.74) is 1.69. The van der Waals surface area contributed by atoms with E-state index >= 15 is 0 Å². The van der Waals surface area contributed by atoms with Crippen LogP contribution in [0, 0.1) is 11.3 Å². The first kappa shape index (κ1) is 19.8. The Morgan fingerprint density at radius 3 is 2.41 bits per heavy atom. The van der Waals surface area contributed by atoms with Crippen molar-refractivity contribution >= 4 is 17.7 Å². The van der Waals surface area contributed by atoms with Crippen LogP contribution in [0.1, 0.15) is 12.5 Å². The maximum atomic E-state index is 12.7. The Kier molecular flexibility index (Phi) is 7.21. The van der Waals surface area contributed by atoms with Crippen LogP contribution in [0.2, 0.25) is 0 Å². The third kappa shape index (κ3) is 4.99. The van der Waals surface area contributed by atoms with Gasteiger partial charge >= 0.3 is 0 Å². The van der Waals surface area contributed by atoms with E-state index in [-0.39, 0.29) is 11.5 Å². The molecular formula is C22H22N2O3. The number of likely N-dealkylation sites (N-methyl/N-ethyl adjacent to an activating group) is 1. The molecule has 138 valence electrons. The van der Waals surface area contributed by atoms with Gasteiger partial charge in [0.1, 0.15) is 11.6 Å². The number of benzene rings is 2. The van der Waals surface area contributed by atoms with Gasteiger partial charge in [0.2, 0.25) is 0 Å². The molecular weight excluding hydrogens is 340 g/mol. The molecule has 27 heavy (non-hydrogen) atoms. The van der Waals surface area contributed by atoms with Crippen LogP contribution in [-0.4, -0.2) is 26.7 Å². The van der Waals surface area contributed by atoms with E-state index in [1.54, 1.807) is 37.3 Å². The zero-order valence-corrected chi connectivity index (χ0v) is 15.7. The minimum atomic E-state index is -0.330. The van der Waals surface area contributed by atoms with Crippen molar-refractivity contribution in [2.24, 2.45) is 0 Å². The molecule has 0 unspecified atom stereocenters. The molecule has 0 heterocycles. The minimum absolute atomic E-state index is 0.0671. The van der Waals surface area contributed by atoms with Crippen molar-refractivity contribution in [1.29, 1.82) is 5.26 Å². The number of para-hydroxylation sites is 1. The number of carbonyl (C=O) groups excluding carboxylic acids is 1. The van der Waals surface area contributed by atoms with E-state index in [0.717, 1.165) is 11.3 Å². The number of ether oxygens (including phenoxy) is 2. The summed E-state index contributed by atoms with van der Waals surface area (Å²) in [4.78, 5) is 14.3. The molecule has 0 fully saturated rings. The lowest BCUT2D eigenvalue weighted by atomic mass is 10.1. The van der Waals surface area contributed by atoms with Gasteiger partial charge in [0.15, 0.2) is 11.5 Å². The second-order valence-electron chi connectivity index (χ2n) is 5.55. The Morgan fingerprint density at radius 2 is 1.81 bits per heavy atom. The summed E-state index contributed by atoms with van der Waals surface area (Å²) in [6, 6.07) is 16.8. The van der Waals surface area contributed by atoms with Crippen molar-refractivity contribution in [3.05, 3.63) is 71.8 Å². The molecule has 0 radical (unpaired) electrons. The SMILES string of the molecule is CCN(C(=O)/C(C#N)=C/C=C/c1ccc(OC)c(OC)c1)c1ccccc1. The quantitative estimate of drug-likeness (QED) is 0.420. The maximum absolute atomic E-state index is 12.7. The molecule has 0 saturated heterocycles. The Bertz CT molecular complexity index is 880. The second kappa shape index (κ2) is 9.83. The zero-order valence-electron chi connectivity index (χ0n) is 15.7. The number of amides is 1. The summed E-state index contributed by atoms with van der Waals surface area (Å²) in [7, 11) is 3.15. The first-order valence-electron chi connectivity index (χ1n) is 8.52. The van der Waals surface area contributed by atoms with Crippen molar-refractivity contribution < 1.29 is 14.3 Å². The van der Waals surface area contributed by atoms with Gasteiger partial charge in [-0.25, -0.2) is 0 Å². The van der Waals surface area contributed by atoms with Gasteiger partial charge in [0.25, 0.3) is 5.91 Å². The number of methoxy groups -OCH3 is 2. The summed E-state index contributed by atoms with van der Waals surface area (Å²) in [6.07, 6.45) is 4.99. The predicted octanol–water partition coefficient (Wildman–Crippen LogP) is 4.22. The maximum Gasteiger partial charge on any atom is 0.268 e. The second-order valence-corrected chi connectivity index (χ2v) is 5.55. The lowest BCUT2D eigenvalue weighted by molar-refractivity contribution is -0.114. The van der Waals surface area contributed by atoms with Gasteiger partial charge in [-0.3, -0.25) is 4.79 Å². The van der Waals surface area contributed by atoms with Crippen LogP contribution < -0.4 is 14.4 Å². The highest BCUT2D eigenvalue weighted by atomic mass is 16.5. The average Bonchev–Trinajstić information content (AvgIpc) is 2.72. The zero-order chi connectivity index (χ0) is 19.6. The molecule has 2 aromatic rings. The molecule has 0 aromatic heterocycles. The molecule has 0 aliphatic rings. The van der Waals surface area contributed by atoms with Crippen LogP contribution in [0.5, 0.6) is 11.5 Å². The van der Waals surface area contributed by atoms with Gasteiger partial charge in [-0.1, -0.05) is 36.4 Å². The molecule has 1 amide bonds. The normalized spacial score (nSPS) is 11.1. The van der Waals surface area contributed by atoms with Gasteiger partial charge < -0.3 is 14.4 Å². The van der Waals surface area contributed by atoms with E-state index in [9.17, 15) is 10.1 Å². The van der Waals surface area contributed by atoms with E-state index in [4.69, 9.17) is 9.47 Å². The van der Waals surface area contributed by atoms with Gasteiger partial charge in [-0.05, 0) is 42.8 Å². The van der Waals surface area contributed by atoms with Crippen molar-refractivity contribution in [3.63, 3.8) is 0 Å². The van der Waals surface area contributed by atoms with Crippen LogP contribution in [0.15, 0.2) is 66.3 Å². The lowest BCUT2D eigenvalue weighted by Crippen LogP contribution is -2.31. The monoisotopic (exact) mass is 362 g/mol. The fraction of sp³-hybridized carbons (Fsp3) is 0.182. The third-order valence-electron chi connectivity index (χ3n) is 3.94. The summed E-state index contributed by atoms with van der Waals surface area (Å²) >= 11 is 0. The van der Waals surface area contributed by atoms with Crippen LogP contribution >= 0.6 is 0 Å². The minimum Gasteiger partial charge on any atom is -0.493 e. The van der Waals surface area contributed by atoms with Crippen LogP contribution in [0.3, 0.4) is 0 Å². The van der Waals surface area contributed by atoms with E-state index in [2.05, 4.69) is 0 Å². The Hall–Kier alpha value is -3.52. The molecule has 2 rings (SSSR count).